The molecule has 2 heterocycles. The van der Waals surface area contributed by atoms with E-state index in [0.717, 1.165) is 22.6 Å². The SMILES string of the molecule is NCc1cc(CN2CC(=O)N(c3ccc(OC(F)(F)F)cc3)C2=O)ccn1. The first-order valence-electron chi connectivity index (χ1n) is 7.88. The van der Waals surface area contributed by atoms with Crippen LogP contribution in [0.25, 0.3) is 0 Å². The van der Waals surface area contributed by atoms with E-state index in [1.807, 2.05) is 0 Å². The number of carbonyl (C=O) groups excluding carboxylic acids is 2. The van der Waals surface area contributed by atoms with Crippen LogP contribution >= 0.6 is 0 Å². The molecule has 3 rings (SSSR count). The minimum atomic E-state index is -4.81. The third-order valence-electron chi connectivity index (χ3n) is 3.83. The molecule has 1 aromatic heterocycles. The van der Waals surface area contributed by atoms with Crippen LogP contribution in [0.2, 0.25) is 0 Å². The van der Waals surface area contributed by atoms with Gasteiger partial charge in [-0.1, -0.05) is 0 Å². The molecule has 1 fully saturated rings. The number of nitrogens with zero attached hydrogens (tertiary/aromatic N) is 3. The smallest absolute Gasteiger partial charge is 0.406 e. The van der Waals surface area contributed by atoms with Crippen molar-refractivity contribution in [1.29, 1.82) is 0 Å². The number of imide groups is 1. The van der Waals surface area contributed by atoms with Gasteiger partial charge in [0.15, 0.2) is 0 Å². The van der Waals surface area contributed by atoms with Gasteiger partial charge in [0.2, 0.25) is 0 Å². The molecule has 1 aliphatic rings. The van der Waals surface area contributed by atoms with Gasteiger partial charge < -0.3 is 15.4 Å². The maximum Gasteiger partial charge on any atom is 0.573 e. The summed E-state index contributed by atoms with van der Waals surface area (Å²) in [6, 6.07) is 7.42. The maximum atomic E-state index is 12.6. The molecule has 10 heteroatoms. The molecular formula is C17H15F3N4O3. The number of carbonyl (C=O) groups is 2. The number of urea groups is 1. The van der Waals surface area contributed by atoms with E-state index in [4.69, 9.17) is 5.73 Å². The Labute approximate surface area is 152 Å². The lowest BCUT2D eigenvalue weighted by Gasteiger charge is -2.18. The number of halogens is 3. The Morgan fingerprint density at radius 1 is 1.15 bits per heavy atom. The first-order chi connectivity index (χ1) is 12.8. The van der Waals surface area contributed by atoms with E-state index in [0.29, 0.717) is 5.69 Å². The summed E-state index contributed by atoms with van der Waals surface area (Å²) in [5, 5.41) is 0. The lowest BCUT2D eigenvalue weighted by Crippen LogP contribution is -2.32. The molecule has 0 spiro atoms. The Kier molecular flexibility index (Phi) is 5.00. The van der Waals surface area contributed by atoms with Crippen LogP contribution < -0.4 is 15.4 Å². The van der Waals surface area contributed by atoms with E-state index >= 15 is 0 Å². The van der Waals surface area contributed by atoms with Crippen molar-refractivity contribution in [3.63, 3.8) is 0 Å². The average molecular weight is 380 g/mol. The molecule has 1 aliphatic heterocycles. The van der Waals surface area contributed by atoms with Gasteiger partial charge in [-0.25, -0.2) is 9.69 Å². The third-order valence-corrected chi connectivity index (χ3v) is 3.83. The topological polar surface area (TPSA) is 88.8 Å². The van der Waals surface area contributed by atoms with Crippen LogP contribution in [0.4, 0.5) is 23.7 Å². The number of ether oxygens (including phenoxy) is 1. The molecule has 2 N–H and O–H groups in total. The molecule has 0 unspecified atom stereocenters. The van der Waals surface area contributed by atoms with Crippen molar-refractivity contribution in [3.05, 3.63) is 53.9 Å². The Morgan fingerprint density at radius 3 is 2.48 bits per heavy atom. The van der Waals surface area contributed by atoms with Gasteiger partial charge in [0.05, 0.1) is 11.4 Å². The van der Waals surface area contributed by atoms with Crippen molar-refractivity contribution >= 4 is 17.6 Å². The summed E-state index contributed by atoms with van der Waals surface area (Å²) in [6.45, 7) is 0.297. The molecule has 142 valence electrons. The number of anilines is 1. The zero-order chi connectivity index (χ0) is 19.6. The number of pyridine rings is 1. The van der Waals surface area contributed by atoms with Gasteiger partial charge in [0, 0.05) is 19.3 Å². The number of amides is 3. The second kappa shape index (κ2) is 7.23. The van der Waals surface area contributed by atoms with Gasteiger partial charge in [-0.05, 0) is 42.0 Å². The summed E-state index contributed by atoms with van der Waals surface area (Å²) in [4.78, 5) is 31.1. The number of aromatic nitrogens is 1. The fraction of sp³-hybridized carbons (Fsp3) is 0.235. The van der Waals surface area contributed by atoms with Crippen LogP contribution in [-0.4, -0.2) is 34.7 Å². The van der Waals surface area contributed by atoms with Crippen molar-refractivity contribution in [3.8, 4) is 5.75 Å². The van der Waals surface area contributed by atoms with Crippen LogP contribution in [-0.2, 0) is 17.9 Å². The van der Waals surface area contributed by atoms with Gasteiger partial charge in [-0.2, -0.15) is 0 Å². The lowest BCUT2D eigenvalue weighted by molar-refractivity contribution is -0.274. The third kappa shape index (κ3) is 4.34. The van der Waals surface area contributed by atoms with Crippen molar-refractivity contribution < 1.29 is 27.5 Å². The first-order valence-corrected chi connectivity index (χ1v) is 7.88. The molecule has 0 atom stereocenters. The number of nitrogens with two attached hydrogens (primary N) is 1. The monoisotopic (exact) mass is 380 g/mol. The van der Waals surface area contributed by atoms with Crippen LogP contribution in [0.15, 0.2) is 42.6 Å². The summed E-state index contributed by atoms with van der Waals surface area (Å²) in [6.07, 6.45) is -3.25. The van der Waals surface area contributed by atoms with Gasteiger partial charge in [0.25, 0.3) is 5.91 Å². The van der Waals surface area contributed by atoms with Crippen molar-refractivity contribution in [2.45, 2.75) is 19.5 Å². The van der Waals surface area contributed by atoms with E-state index < -0.39 is 24.1 Å². The Hall–Kier alpha value is -3.14. The molecule has 1 saturated heterocycles. The molecule has 0 bridgehead atoms. The van der Waals surface area contributed by atoms with E-state index in [1.165, 1.54) is 17.0 Å². The molecule has 1 aromatic carbocycles. The number of hydrogen-bond acceptors (Lipinski definition) is 5. The summed E-state index contributed by atoms with van der Waals surface area (Å²) in [5.41, 5.74) is 7.13. The summed E-state index contributed by atoms with van der Waals surface area (Å²) < 4.78 is 40.4. The van der Waals surface area contributed by atoms with E-state index in [1.54, 1.807) is 18.3 Å². The van der Waals surface area contributed by atoms with Crippen LogP contribution in [0.1, 0.15) is 11.3 Å². The number of rotatable bonds is 5. The fourth-order valence-electron chi connectivity index (χ4n) is 2.68. The van der Waals surface area contributed by atoms with E-state index in [-0.39, 0.29) is 25.3 Å². The standard InChI is InChI=1S/C17H15F3N4O3/c18-17(19,20)27-14-3-1-13(2-4-14)24-15(25)10-23(16(24)26)9-11-5-6-22-12(7-11)8-21/h1-7H,8-10,21H2. The van der Waals surface area contributed by atoms with E-state index in [9.17, 15) is 22.8 Å². The van der Waals surface area contributed by atoms with Gasteiger partial charge in [-0.3, -0.25) is 9.78 Å². The summed E-state index contributed by atoms with van der Waals surface area (Å²) in [5.74, 6) is -0.911. The second-order valence-electron chi connectivity index (χ2n) is 5.77. The number of alkyl halides is 3. The van der Waals surface area contributed by atoms with Gasteiger partial charge >= 0.3 is 12.4 Å². The Bertz CT molecular complexity index is 855. The second-order valence-corrected chi connectivity index (χ2v) is 5.77. The highest BCUT2D eigenvalue weighted by molar-refractivity contribution is 6.19. The number of benzene rings is 1. The molecular weight excluding hydrogens is 365 g/mol. The number of hydrogen-bond donors (Lipinski definition) is 1. The van der Waals surface area contributed by atoms with E-state index in [2.05, 4.69) is 9.72 Å². The average Bonchev–Trinajstić information content (AvgIpc) is 2.88. The first kappa shape index (κ1) is 18.6. The molecule has 3 amide bonds. The summed E-state index contributed by atoms with van der Waals surface area (Å²) >= 11 is 0. The maximum absolute atomic E-state index is 12.6. The molecule has 2 aromatic rings. The molecule has 0 saturated carbocycles. The van der Waals surface area contributed by atoms with Gasteiger partial charge in [-0.15, -0.1) is 13.2 Å². The van der Waals surface area contributed by atoms with Crippen LogP contribution in [0.5, 0.6) is 5.75 Å². The van der Waals surface area contributed by atoms with Crippen LogP contribution in [0.3, 0.4) is 0 Å². The largest absolute Gasteiger partial charge is 0.573 e. The van der Waals surface area contributed by atoms with Crippen molar-refractivity contribution in [2.24, 2.45) is 5.73 Å². The Morgan fingerprint density at radius 2 is 1.85 bits per heavy atom. The Balaban J connectivity index is 1.74. The molecule has 0 radical (unpaired) electrons. The van der Waals surface area contributed by atoms with Gasteiger partial charge in [0.1, 0.15) is 12.3 Å². The predicted octanol–water partition coefficient (Wildman–Crippen LogP) is 2.41. The fourth-order valence-corrected chi connectivity index (χ4v) is 2.68. The normalized spacial score (nSPS) is 14.8. The summed E-state index contributed by atoms with van der Waals surface area (Å²) in [7, 11) is 0. The van der Waals surface area contributed by atoms with Crippen molar-refractivity contribution in [1.82, 2.24) is 9.88 Å². The highest BCUT2D eigenvalue weighted by atomic mass is 19.4. The highest BCUT2D eigenvalue weighted by Crippen LogP contribution is 2.28. The molecule has 27 heavy (non-hydrogen) atoms. The molecule has 0 aliphatic carbocycles. The zero-order valence-electron chi connectivity index (χ0n) is 13.9. The lowest BCUT2D eigenvalue weighted by atomic mass is 10.2. The minimum Gasteiger partial charge on any atom is -0.406 e. The highest BCUT2D eigenvalue weighted by Gasteiger charge is 2.37. The quantitative estimate of drug-likeness (QED) is 0.805. The van der Waals surface area contributed by atoms with Crippen molar-refractivity contribution in [2.75, 3.05) is 11.4 Å². The molecule has 7 nitrogen and oxygen atoms in total. The predicted molar refractivity (Wildman–Crippen MR) is 88.5 cm³/mol. The zero-order valence-corrected chi connectivity index (χ0v) is 13.9. The van der Waals surface area contributed by atoms with Crippen LogP contribution in [0, 0.1) is 0 Å². The minimum absolute atomic E-state index is 0.139.